The van der Waals surface area contributed by atoms with Gasteiger partial charge in [-0.3, -0.25) is 4.79 Å². The van der Waals surface area contributed by atoms with Crippen LogP contribution >= 0.6 is 11.8 Å². The molecule has 1 fully saturated rings. The van der Waals surface area contributed by atoms with E-state index in [1.807, 2.05) is 18.2 Å². The third kappa shape index (κ3) is 6.57. The highest BCUT2D eigenvalue weighted by atomic mass is 32.2. The molecular weight excluding hydrogens is 408 g/mol. The van der Waals surface area contributed by atoms with E-state index < -0.39 is 10.0 Å². The van der Waals surface area contributed by atoms with Crippen molar-refractivity contribution >= 4 is 27.7 Å². The van der Waals surface area contributed by atoms with Crippen molar-refractivity contribution in [1.29, 1.82) is 0 Å². The van der Waals surface area contributed by atoms with Gasteiger partial charge in [0.05, 0.1) is 23.9 Å². The molecule has 1 aliphatic heterocycles. The van der Waals surface area contributed by atoms with Crippen LogP contribution in [0.5, 0.6) is 0 Å². The van der Waals surface area contributed by atoms with E-state index >= 15 is 0 Å². The zero-order valence-electron chi connectivity index (χ0n) is 16.2. The van der Waals surface area contributed by atoms with Gasteiger partial charge in [-0.15, -0.1) is 0 Å². The van der Waals surface area contributed by atoms with E-state index in [0.717, 1.165) is 17.7 Å². The Bertz CT molecular complexity index is 881. The monoisotopic (exact) mass is 434 g/mol. The summed E-state index contributed by atoms with van der Waals surface area (Å²) in [5.41, 5.74) is 2.14. The number of hydrogen-bond acceptors (Lipinski definition) is 5. The van der Waals surface area contributed by atoms with Crippen LogP contribution in [0, 0.1) is 0 Å². The molecule has 1 saturated heterocycles. The number of benzene rings is 2. The van der Waals surface area contributed by atoms with Crippen LogP contribution in [0.1, 0.15) is 11.1 Å². The van der Waals surface area contributed by atoms with Crippen LogP contribution < -0.4 is 5.32 Å². The number of carbonyl (C=O) groups is 1. The van der Waals surface area contributed by atoms with Crippen LogP contribution in [0.2, 0.25) is 0 Å². The summed E-state index contributed by atoms with van der Waals surface area (Å²) >= 11 is 1.61. The van der Waals surface area contributed by atoms with Gasteiger partial charge in [0.1, 0.15) is 0 Å². The predicted octanol–water partition coefficient (Wildman–Crippen LogP) is 2.30. The van der Waals surface area contributed by atoms with E-state index in [1.165, 1.54) is 9.87 Å². The quantitative estimate of drug-likeness (QED) is 0.613. The molecule has 0 aliphatic carbocycles. The Hall–Kier alpha value is -1.87. The molecule has 0 saturated carbocycles. The van der Waals surface area contributed by atoms with Gasteiger partial charge in [0.25, 0.3) is 0 Å². The zero-order valence-corrected chi connectivity index (χ0v) is 17.9. The first kappa shape index (κ1) is 21.8. The molecule has 1 amide bonds. The molecule has 2 aromatic rings. The molecule has 29 heavy (non-hydrogen) atoms. The second kappa shape index (κ2) is 10.8. The molecule has 0 bridgehead atoms. The number of thioether (sulfide) groups is 1. The molecule has 0 spiro atoms. The fraction of sp³-hybridized carbons (Fsp3) is 0.381. The fourth-order valence-electron chi connectivity index (χ4n) is 2.97. The zero-order chi connectivity index (χ0) is 20.5. The first-order valence-corrected chi connectivity index (χ1v) is 12.2. The molecular formula is C21H26N2O4S2. The summed E-state index contributed by atoms with van der Waals surface area (Å²) in [4.78, 5) is 12.3. The Morgan fingerprint density at radius 3 is 2.38 bits per heavy atom. The standard InChI is InChI=1S/C21H26N2O4S2/c24-21(17-28-15-10-18-4-2-1-3-5-18)22-16-19-6-8-20(9-7-19)29(25,26)23-11-13-27-14-12-23/h1-9H,10-17H2,(H,22,24). The number of rotatable bonds is 9. The highest BCUT2D eigenvalue weighted by Crippen LogP contribution is 2.17. The van der Waals surface area contributed by atoms with Crippen molar-refractivity contribution in [2.24, 2.45) is 0 Å². The largest absolute Gasteiger partial charge is 0.379 e. The summed E-state index contributed by atoms with van der Waals surface area (Å²) in [6, 6.07) is 16.9. The third-order valence-electron chi connectivity index (χ3n) is 4.63. The van der Waals surface area contributed by atoms with Crippen LogP contribution in [-0.2, 0) is 32.5 Å². The molecule has 1 heterocycles. The number of nitrogens with one attached hydrogen (secondary N) is 1. The normalized spacial score (nSPS) is 15.2. The maximum Gasteiger partial charge on any atom is 0.243 e. The number of amides is 1. The predicted molar refractivity (Wildman–Crippen MR) is 115 cm³/mol. The molecule has 0 aromatic heterocycles. The Balaban J connectivity index is 1.41. The first-order chi connectivity index (χ1) is 14.1. The van der Waals surface area contributed by atoms with E-state index in [9.17, 15) is 13.2 Å². The number of morpholine rings is 1. The van der Waals surface area contributed by atoms with Gasteiger partial charge in [0.15, 0.2) is 0 Å². The molecule has 1 N–H and O–H groups in total. The van der Waals surface area contributed by atoms with E-state index in [1.54, 1.807) is 36.0 Å². The van der Waals surface area contributed by atoms with Gasteiger partial charge in [-0.25, -0.2) is 8.42 Å². The summed E-state index contributed by atoms with van der Waals surface area (Å²) in [5, 5.41) is 2.88. The van der Waals surface area contributed by atoms with Crippen LogP contribution in [-0.4, -0.2) is 56.4 Å². The fourth-order valence-corrected chi connectivity index (χ4v) is 5.19. The van der Waals surface area contributed by atoms with E-state index in [-0.39, 0.29) is 10.8 Å². The number of aryl methyl sites for hydroxylation is 1. The smallest absolute Gasteiger partial charge is 0.243 e. The van der Waals surface area contributed by atoms with E-state index in [0.29, 0.717) is 38.6 Å². The highest BCUT2D eigenvalue weighted by Gasteiger charge is 2.26. The summed E-state index contributed by atoms with van der Waals surface area (Å²) < 4.78 is 31.9. The van der Waals surface area contributed by atoms with Crippen molar-refractivity contribution in [3.05, 3.63) is 65.7 Å². The lowest BCUT2D eigenvalue weighted by Crippen LogP contribution is -2.40. The Morgan fingerprint density at radius 1 is 1.00 bits per heavy atom. The first-order valence-electron chi connectivity index (χ1n) is 9.61. The van der Waals surface area contributed by atoms with Gasteiger partial charge < -0.3 is 10.1 Å². The van der Waals surface area contributed by atoms with Crippen LogP contribution in [0.25, 0.3) is 0 Å². The lowest BCUT2D eigenvalue weighted by atomic mass is 10.2. The minimum Gasteiger partial charge on any atom is -0.379 e. The topological polar surface area (TPSA) is 75.7 Å². The minimum atomic E-state index is -3.49. The summed E-state index contributed by atoms with van der Waals surface area (Å²) in [5.74, 6) is 1.29. The van der Waals surface area contributed by atoms with Crippen LogP contribution in [0.3, 0.4) is 0 Å². The Labute approximate surface area is 176 Å². The molecule has 3 rings (SSSR count). The Morgan fingerprint density at radius 2 is 1.69 bits per heavy atom. The van der Waals surface area contributed by atoms with Gasteiger partial charge >= 0.3 is 0 Å². The van der Waals surface area contributed by atoms with Crippen molar-refractivity contribution in [2.45, 2.75) is 17.9 Å². The van der Waals surface area contributed by atoms with Crippen LogP contribution in [0.15, 0.2) is 59.5 Å². The molecule has 156 valence electrons. The molecule has 0 atom stereocenters. The number of carbonyl (C=O) groups excluding carboxylic acids is 1. The molecule has 2 aromatic carbocycles. The number of sulfonamides is 1. The average molecular weight is 435 g/mol. The van der Waals surface area contributed by atoms with Gasteiger partial charge in [0.2, 0.25) is 15.9 Å². The van der Waals surface area contributed by atoms with E-state index in [2.05, 4.69) is 17.4 Å². The molecule has 1 aliphatic rings. The van der Waals surface area contributed by atoms with Crippen LogP contribution in [0.4, 0.5) is 0 Å². The van der Waals surface area contributed by atoms with Gasteiger partial charge in [0, 0.05) is 19.6 Å². The molecule has 0 unspecified atom stereocenters. The van der Waals surface area contributed by atoms with Gasteiger partial charge in [-0.05, 0) is 35.4 Å². The van der Waals surface area contributed by atoms with Crippen molar-refractivity contribution in [3.8, 4) is 0 Å². The lowest BCUT2D eigenvalue weighted by molar-refractivity contribution is -0.118. The average Bonchev–Trinajstić information content (AvgIpc) is 2.77. The van der Waals surface area contributed by atoms with Crippen molar-refractivity contribution in [1.82, 2.24) is 9.62 Å². The summed E-state index contributed by atoms with van der Waals surface area (Å²) in [6.07, 6.45) is 0.942. The molecule has 6 nitrogen and oxygen atoms in total. The van der Waals surface area contributed by atoms with E-state index in [4.69, 9.17) is 4.74 Å². The molecule has 8 heteroatoms. The third-order valence-corrected chi connectivity index (χ3v) is 7.50. The van der Waals surface area contributed by atoms with Gasteiger partial charge in [-0.1, -0.05) is 42.5 Å². The summed E-state index contributed by atoms with van der Waals surface area (Å²) in [7, 11) is -3.49. The van der Waals surface area contributed by atoms with Gasteiger partial charge in [-0.2, -0.15) is 16.1 Å². The molecule has 0 radical (unpaired) electrons. The van der Waals surface area contributed by atoms with Crippen molar-refractivity contribution < 1.29 is 17.9 Å². The number of hydrogen-bond donors (Lipinski definition) is 1. The SMILES string of the molecule is O=C(CSCCc1ccccc1)NCc1ccc(S(=O)(=O)N2CCOCC2)cc1. The maximum absolute atomic E-state index is 12.6. The van der Waals surface area contributed by atoms with Crippen molar-refractivity contribution in [2.75, 3.05) is 37.8 Å². The van der Waals surface area contributed by atoms with Crippen molar-refractivity contribution in [3.63, 3.8) is 0 Å². The number of nitrogens with zero attached hydrogens (tertiary/aromatic N) is 1. The minimum absolute atomic E-state index is 0.0203. The lowest BCUT2D eigenvalue weighted by Gasteiger charge is -2.26. The number of ether oxygens (including phenoxy) is 1. The maximum atomic E-state index is 12.6. The Kier molecular flexibility index (Phi) is 8.11. The highest BCUT2D eigenvalue weighted by molar-refractivity contribution is 7.99. The second-order valence-corrected chi connectivity index (χ2v) is 9.77. The summed E-state index contributed by atoms with van der Waals surface area (Å²) in [6.45, 7) is 1.99. The second-order valence-electron chi connectivity index (χ2n) is 6.73.